The maximum Gasteiger partial charge on any atom is 0.330 e. The SMILES string of the molecule is CCOC(=O)/C=C/C(CC1CCNC1=O)NC(=O)CCC(=O)c1cccc2ccccc12. The minimum atomic E-state index is -0.506. The second-order valence-electron chi connectivity index (χ2n) is 7.75. The van der Waals surface area contributed by atoms with Gasteiger partial charge in [-0.3, -0.25) is 14.4 Å². The summed E-state index contributed by atoms with van der Waals surface area (Å²) in [5, 5.41) is 7.45. The standard InChI is InChI=1S/C25H28N2O5/c1-2-32-24(30)13-10-19(16-18-14-15-26-25(18)31)27-23(29)12-11-22(28)21-9-5-7-17-6-3-4-8-20(17)21/h3-10,13,18-19H,2,11-12,14-16H2,1H3,(H,26,31)(H,27,29)/b13-10+. The van der Waals surface area contributed by atoms with Crippen LogP contribution in [0.3, 0.4) is 0 Å². The molecule has 7 nitrogen and oxygen atoms in total. The number of hydrogen-bond acceptors (Lipinski definition) is 5. The van der Waals surface area contributed by atoms with Crippen LogP contribution in [-0.2, 0) is 19.1 Å². The number of amides is 2. The third kappa shape index (κ3) is 6.26. The number of esters is 1. The van der Waals surface area contributed by atoms with Gasteiger partial charge in [-0.15, -0.1) is 0 Å². The van der Waals surface area contributed by atoms with E-state index < -0.39 is 12.0 Å². The summed E-state index contributed by atoms with van der Waals surface area (Å²) >= 11 is 0. The summed E-state index contributed by atoms with van der Waals surface area (Å²) in [6.45, 7) is 2.56. The lowest BCUT2D eigenvalue weighted by atomic mass is 9.97. The number of Topliss-reactive ketones (excluding diaryl/α,β-unsaturated/α-hetero) is 1. The molecule has 1 aliphatic heterocycles. The second-order valence-corrected chi connectivity index (χ2v) is 7.75. The molecule has 1 fully saturated rings. The van der Waals surface area contributed by atoms with Crippen molar-refractivity contribution in [2.75, 3.05) is 13.2 Å². The van der Waals surface area contributed by atoms with Crippen molar-refractivity contribution in [2.45, 2.75) is 38.6 Å². The molecule has 168 valence electrons. The Morgan fingerprint density at radius 2 is 1.94 bits per heavy atom. The van der Waals surface area contributed by atoms with Gasteiger partial charge in [-0.25, -0.2) is 4.79 Å². The lowest BCUT2D eigenvalue weighted by molar-refractivity contribution is -0.137. The van der Waals surface area contributed by atoms with E-state index in [1.54, 1.807) is 19.1 Å². The van der Waals surface area contributed by atoms with Crippen LogP contribution in [0.15, 0.2) is 54.6 Å². The number of carbonyl (C=O) groups is 4. The number of ketones is 1. The zero-order valence-electron chi connectivity index (χ0n) is 18.1. The van der Waals surface area contributed by atoms with Gasteiger partial charge in [0.05, 0.1) is 6.61 Å². The normalized spacial score (nSPS) is 16.7. The molecule has 2 atom stereocenters. The fourth-order valence-electron chi connectivity index (χ4n) is 3.86. The number of rotatable bonds is 10. The Kier molecular flexibility index (Phi) is 8.14. The van der Waals surface area contributed by atoms with Crippen LogP contribution in [0.25, 0.3) is 10.8 Å². The van der Waals surface area contributed by atoms with Crippen molar-refractivity contribution in [3.05, 3.63) is 60.2 Å². The fraction of sp³-hybridized carbons (Fsp3) is 0.360. The van der Waals surface area contributed by atoms with Crippen LogP contribution in [0.5, 0.6) is 0 Å². The van der Waals surface area contributed by atoms with Gasteiger partial charge in [-0.1, -0.05) is 48.5 Å². The Bertz CT molecular complexity index is 1020. The molecule has 0 spiro atoms. The van der Waals surface area contributed by atoms with Crippen molar-refractivity contribution in [3.8, 4) is 0 Å². The van der Waals surface area contributed by atoms with E-state index in [9.17, 15) is 19.2 Å². The van der Waals surface area contributed by atoms with E-state index in [0.717, 1.165) is 10.8 Å². The van der Waals surface area contributed by atoms with E-state index >= 15 is 0 Å². The Morgan fingerprint density at radius 1 is 1.16 bits per heavy atom. The highest BCUT2D eigenvalue weighted by Gasteiger charge is 2.27. The van der Waals surface area contributed by atoms with Gasteiger partial charge < -0.3 is 15.4 Å². The summed E-state index contributed by atoms with van der Waals surface area (Å²) in [6.07, 6.45) is 3.96. The van der Waals surface area contributed by atoms with Crippen molar-refractivity contribution in [3.63, 3.8) is 0 Å². The molecule has 2 unspecified atom stereocenters. The first-order valence-electron chi connectivity index (χ1n) is 10.9. The summed E-state index contributed by atoms with van der Waals surface area (Å²) in [5.74, 6) is -1.21. The molecule has 0 radical (unpaired) electrons. The predicted molar refractivity (Wildman–Crippen MR) is 121 cm³/mol. The van der Waals surface area contributed by atoms with E-state index in [-0.39, 0.29) is 43.0 Å². The first-order valence-corrected chi connectivity index (χ1v) is 10.9. The van der Waals surface area contributed by atoms with Gasteiger partial charge in [0.25, 0.3) is 0 Å². The number of hydrogen-bond donors (Lipinski definition) is 2. The third-order valence-electron chi connectivity index (χ3n) is 5.47. The van der Waals surface area contributed by atoms with Gasteiger partial charge >= 0.3 is 5.97 Å². The van der Waals surface area contributed by atoms with Crippen LogP contribution in [0, 0.1) is 5.92 Å². The first-order chi connectivity index (χ1) is 15.5. The summed E-state index contributed by atoms with van der Waals surface area (Å²) in [7, 11) is 0. The van der Waals surface area contributed by atoms with Crippen LogP contribution in [-0.4, -0.2) is 42.8 Å². The van der Waals surface area contributed by atoms with Crippen molar-refractivity contribution < 1.29 is 23.9 Å². The van der Waals surface area contributed by atoms with Gasteiger partial charge in [-0.2, -0.15) is 0 Å². The zero-order valence-corrected chi connectivity index (χ0v) is 18.1. The molecule has 32 heavy (non-hydrogen) atoms. The number of fused-ring (bicyclic) bond motifs is 1. The summed E-state index contributed by atoms with van der Waals surface area (Å²) < 4.78 is 4.89. The average Bonchev–Trinajstić information content (AvgIpc) is 3.20. The average molecular weight is 437 g/mol. The molecular formula is C25H28N2O5. The quantitative estimate of drug-likeness (QED) is 0.339. The fourth-order valence-corrected chi connectivity index (χ4v) is 3.86. The van der Waals surface area contributed by atoms with E-state index in [4.69, 9.17) is 4.74 Å². The van der Waals surface area contributed by atoms with Gasteiger partial charge in [0.2, 0.25) is 11.8 Å². The molecule has 1 heterocycles. The van der Waals surface area contributed by atoms with Gasteiger partial charge in [0.1, 0.15) is 0 Å². The largest absolute Gasteiger partial charge is 0.463 e. The van der Waals surface area contributed by atoms with Crippen molar-refractivity contribution in [2.24, 2.45) is 5.92 Å². The van der Waals surface area contributed by atoms with E-state index in [1.165, 1.54) is 6.08 Å². The topological polar surface area (TPSA) is 102 Å². The maximum absolute atomic E-state index is 12.7. The summed E-state index contributed by atoms with van der Waals surface area (Å²) in [6, 6.07) is 12.7. The predicted octanol–water partition coefficient (Wildman–Crippen LogP) is 2.93. The minimum absolute atomic E-state index is 0.0165. The van der Waals surface area contributed by atoms with Crippen molar-refractivity contribution in [1.82, 2.24) is 10.6 Å². The molecule has 0 bridgehead atoms. The molecule has 2 amide bonds. The lowest BCUT2D eigenvalue weighted by Gasteiger charge is -2.18. The zero-order chi connectivity index (χ0) is 22.9. The Balaban J connectivity index is 1.61. The minimum Gasteiger partial charge on any atom is -0.463 e. The molecule has 0 aliphatic carbocycles. The van der Waals surface area contributed by atoms with E-state index in [1.807, 2.05) is 36.4 Å². The highest BCUT2D eigenvalue weighted by molar-refractivity contribution is 6.08. The van der Waals surface area contributed by atoms with Crippen molar-refractivity contribution in [1.29, 1.82) is 0 Å². The number of nitrogens with one attached hydrogen (secondary N) is 2. The Hall–Kier alpha value is -3.48. The van der Waals surface area contributed by atoms with Gasteiger partial charge in [-0.05, 0) is 30.5 Å². The third-order valence-corrected chi connectivity index (χ3v) is 5.47. The van der Waals surface area contributed by atoms with Crippen molar-refractivity contribution >= 4 is 34.3 Å². The molecular weight excluding hydrogens is 408 g/mol. The Morgan fingerprint density at radius 3 is 2.69 bits per heavy atom. The van der Waals surface area contributed by atoms with Crippen LogP contribution in [0.1, 0.15) is 43.0 Å². The monoisotopic (exact) mass is 436 g/mol. The molecule has 3 rings (SSSR count). The van der Waals surface area contributed by atoms with E-state index in [2.05, 4.69) is 10.6 Å². The molecule has 0 aromatic heterocycles. The second kappa shape index (κ2) is 11.2. The molecule has 2 N–H and O–H groups in total. The molecule has 7 heteroatoms. The highest BCUT2D eigenvalue weighted by atomic mass is 16.5. The maximum atomic E-state index is 12.7. The number of carbonyl (C=O) groups excluding carboxylic acids is 4. The number of ether oxygens (including phenoxy) is 1. The smallest absolute Gasteiger partial charge is 0.330 e. The lowest BCUT2D eigenvalue weighted by Crippen LogP contribution is -2.36. The van der Waals surface area contributed by atoms with E-state index in [0.29, 0.717) is 24.9 Å². The molecule has 1 aliphatic rings. The summed E-state index contributed by atoms with van der Waals surface area (Å²) in [5.41, 5.74) is 0.595. The molecule has 2 aromatic rings. The highest BCUT2D eigenvalue weighted by Crippen LogP contribution is 2.21. The molecule has 2 aromatic carbocycles. The molecule has 0 saturated carbocycles. The van der Waals surface area contributed by atoms with Gasteiger partial charge in [0, 0.05) is 43.0 Å². The van der Waals surface area contributed by atoms with Crippen LogP contribution >= 0.6 is 0 Å². The first kappa shape index (κ1) is 23.2. The summed E-state index contributed by atoms with van der Waals surface area (Å²) in [4.78, 5) is 48.9. The van der Waals surface area contributed by atoms with Crippen LogP contribution in [0.2, 0.25) is 0 Å². The van der Waals surface area contributed by atoms with Crippen LogP contribution < -0.4 is 10.6 Å². The molecule has 1 saturated heterocycles. The van der Waals surface area contributed by atoms with Gasteiger partial charge in [0.15, 0.2) is 5.78 Å². The number of benzene rings is 2. The van der Waals surface area contributed by atoms with Crippen LogP contribution in [0.4, 0.5) is 0 Å². The Labute approximate surface area is 187 Å².